The van der Waals surface area contributed by atoms with Crippen LogP contribution in [0.1, 0.15) is 325 Å². The largest absolute Gasteiger partial charge is 0.508 e. The Balaban J connectivity index is 0.000000252. The third-order valence-corrected chi connectivity index (χ3v) is 24.7. The Bertz CT molecular complexity index is 7860. The van der Waals surface area contributed by atoms with Crippen molar-refractivity contribution in [1.82, 2.24) is 39.2 Å². The maximum atomic E-state index is 11.5. The smallest absolute Gasteiger partial charge is 0.293 e. The quantitative estimate of drug-likeness (QED) is 0.0207. The van der Waals surface area contributed by atoms with E-state index < -0.39 is 242 Å². The molecule has 16 atom stereocenters. The number of phenols is 8. The van der Waals surface area contributed by atoms with E-state index in [0.29, 0.717) is 47.5 Å². The average molecular weight is 2060 g/mol. The Morgan fingerprint density at radius 3 is 0.590 bits per heavy atom. The van der Waals surface area contributed by atoms with Gasteiger partial charge in [0.15, 0.2) is 0 Å². The van der Waals surface area contributed by atoms with Crippen LogP contribution in [0.4, 0.5) is 0 Å². The van der Waals surface area contributed by atoms with Crippen LogP contribution in [0, 0.1) is 47.2 Å². The summed E-state index contributed by atoms with van der Waals surface area (Å²) in [5.41, 5.74) is -20.1. The molecule has 16 rings (SSSR count). The molecule has 0 aromatic heterocycles. The second-order valence-electron chi connectivity index (χ2n) is 36.9. The molecular weight excluding hydrogens is 1810 g/mol. The van der Waals surface area contributed by atoms with Gasteiger partial charge in [-0.3, -0.25) is 0 Å². The monoisotopic (exact) mass is 2050 g/mol. The minimum Gasteiger partial charge on any atom is -0.508 e. The molecule has 0 saturated heterocycles. The number of aliphatic hydroxyl groups is 8. The predicted molar refractivity (Wildman–Crippen MR) is 580 cm³/mol. The van der Waals surface area contributed by atoms with Gasteiger partial charge >= 0.3 is 0 Å². The highest BCUT2D eigenvalue weighted by Gasteiger charge is 2.49. The Hall–Kier alpha value is -8.48. The van der Waals surface area contributed by atoms with Crippen molar-refractivity contribution in [2.24, 2.45) is 47.2 Å². The Kier molecular flexibility index (Phi) is 22.9. The number of nitrogens with zero attached hydrogens (tertiary/aromatic N) is 8. The Morgan fingerprint density at radius 1 is 0.229 bits per heavy atom. The molecule has 0 bridgehead atoms. The van der Waals surface area contributed by atoms with E-state index in [1.807, 2.05) is 14.1 Å². The molecule has 0 aliphatic heterocycles. The molecule has 0 radical (unpaired) electrons. The van der Waals surface area contributed by atoms with Crippen LogP contribution in [0.3, 0.4) is 0 Å². The van der Waals surface area contributed by atoms with Crippen LogP contribution >= 0.6 is 0 Å². The van der Waals surface area contributed by atoms with Gasteiger partial charge in [-0.25, -0.2) is 0 Å². The summed E-state index contributed by atoms with van der Waals surface area (Å²) < 4.78 is 481. The van der Waals surface area contributed by atoms with Crippen LogP contribution in [-0.2, 0) is 44.8 Å². The summed E-state index contributed by atoms with van der Waals surface area (Å²) in [7, 11) is 12.8. The molecular formula is C120H184N8O16. The van der Waals surface area contributed by atoms with Gasteiger partial charge in [-0.05, 0) is 356 Å². The zero-order valence-electron chi connectivity index (χ0n) is 143. The number of hydrogen-bond acceptors (Lipinski definition) is 24. The molecule has 24 heteroatoms. The van der Waals surface area contributed by atoms with E-state index in [9.17, 15) is 56.2 Å². The van der Waals surface area contributed by atoms with Crippen molar-refractivity contribution in [3.63, 3.8) is 0 Å². The summed E-state index contributed by atoms with van der Waals surface area (Å²) in [6.07, 6.45) is -17.4. The lowest BCUT2D eigenvalue weighted by molar-refractivity contribution is -0.0621. The van der Waals surface area contributed by atoms with Crippen molar-refractivity contribution in [2.75, 3.05) is 164 Å². The van der Waals surface area contributed by atoms with E-state index in [0.717, 1.165) is 31.1 Å². The zero-order valence-corrected chi connectivity index (χ0v) is 83.1. The molecule has 8 aliphatic rings. The number of benzene rings is 8. The maximum Gasteiger partial charge on any atom is 0.293 e. The molecule has 0 unspecified atom stereocenters. The third kappa shape index (κ3) is 33.8. The van der Waals surface area contributed by atoms with Crippen molar-refractivity contribution in [1.29, 1.82) is 7.16 Å². The zero-order chi connectivity index (χ0) is 157. The first-order chi connectivity index (χ1) is 92.0. The predicted octanol–water partition coefficient (Wildman–Crippen LogP) is 18.7. The van der Waals surface area contributed by atoms with Gasteiger partial charge in [0.1, 0.15) is 46.0 Å². The van der Waals surface area contributed by atoms with Gasteiger partial charge in [0.05, 0.1) is 44.8 Å². The normalized spacial score (nSPS) is 42.5. The SMILES string of the molecule is [2H]C([2H])(N(C)C)[C@]1([2H])CCCC([2H])([2H])[C@@]1(O)c1cccc(O)c1.[2H]C([2H])([2H])N(C([2H])([2H])[2H])C([2H])([2H])[C@]1([2H])CCCC([2H])([2H])[C@@]1(O)c1cccc(O)c1.[2H]C([2H])([2H])N(C)C([2H])([2H])[C@]1([2H])CCCC([2H])([2H])[C@@]1(O)c1cccc(O)c1.[2H]Oc1cccc([C@]2(O)C([2H])([2H])CCC[C@@]2([2H])C([2H])([2H])N(C)C([2H])([2H])[2H])c1.[2H]Oc1cccc([C@]2(O)C([2H])([2H])CCC[C@@]2([2H])C([2H])([2H])N(C)C)c1.[2H]Oc1cccc([C@]2(O)C([2H])([2H])CCC[C@@]2([2H])CN(C([2H])([2H])[2H])C([2H])([2H])[2H])c1.[2H]Oc1cccc([C@]2(O)C([2H])([2H])CCC[C@@]2([2H])CN(C)C([2H])([2H])[2H])c1.[2H]Oc1cccc([C@]2(O)C([2H])([2H])CCC[C@@]2([2H])CN(C)C)c1. The van der Waals surface area contributed by atoms with Crippen LogP contribution in [0.25, 0.3) is 0 Å². The van der Waals surface area contributed by atoms with Crippen LogP contribution in [0.15, 0.2) is 194 Å². The van der Waals surface area contributed by atoms with Crippen LogP contribution in [0.5, 0.6) is 46.0 Å². The van der Waals surface area contributed by atoms with E-state index in [4.69, 9.17) is 82.5 Å². The van der Waals surface area contributed by atoms with Gasteiger partial charge in [-0.1, -0.05) is 200 Å². The molecule has 8 aromatic rings. The highest BCUT2D eigenvalue weighted by atomic mass is 16.3. The van der Waals surface area contributed by atoms with Crippen LogP contribution < -0.4 is 0 Å². The number of rotatable bonds is 29. The third-order valence-electron chi connectivity index (χ3n) is 24.7. The van der Waals surface area contributed by atoms with Gasteiger partial charge in [-0.2, -0.15) is 0 Å². The summed E-state index contributed by atoms with van der Waals surface area (Å²) >= 11 is 0. The number of hydrogen-bond donors (Lipinski definition) is 16. The Morgan fingerprint density at radius 2 is 0.396 bits per heavy atom. The number of phenolic OH excluding ortho intramolecular Hbond substituents is 8. The van der Waals surface area contributed by atoms with E-state index >= 15 is 0 Å². The molecule has 144 heavy (non-hydrogen) atoms. The molecule has 0 spiro atoms. The highest BCUT2D eigenvalue weighted by Crippen LogP contribution is 2.51. The standard InChI is InChI=1S/8C15H23NO2/c8*1-16(2)11-13-6-3-4-9-15(13,18)12-7-5-8-14(17)10-12/h8*5,7-8,10,13,17-18H,3-4,6,9,11H2,1-2H3/t8*13-,15+/m00000000/s1/i1D3,2D3,9D2,11D2,13D;2*1D3,9D2,11D2,13D;1D3,2D3,9D2,13D;2*9D2,11D2,13D;1D3,9D2,13D;9D2,13D/hD5. The minimum atomic E-state index is -3.52. The first-order valence-electron chi connectivity index (χ1n) is 77.2. The van der Waals surface area contributed by atoms with E-state index in [-0.39, 0.29) is 219 Å². The van der Waals surface area contributed by atoms with Crippen molar-refractivity contribution in [2.45, 2.75) is 250 Å². The highest BCUT2D eigenvalue weighted by molar-refractivity contribution is 5.40. The Labute approximate surface area is 948 Å². The lowest BCUT2D eigenvalue weighted by atomic mass is 9.71. The minimum absolute atomic E-state index is 0.000149. The topological polar surface area (TPSA) is 350 Å². The molecule has 8 aliphatic carbocycles. The molecule has 16 N–H and O–H groups in total. The molecule has 8 aromatic carbocycles. The van der Waals surface area contributed by atoms with Crippen molar-refractivity contribution < 1.29 is 157 Å². The molecule has 800 valence electrons. The summed E-state index contributed by atoms with van der Waals surface area (Å²) in [6.45, 7) is -36.3. The summed E-state index contributed by atoms with van der Waals surface area (Å²) in [6, 6.07) is 43.5. The van der Waals surface area contributed by atoms with Crippen molar-refractivity contribution in [3.8, 4) is 46.0 Å². The van der Waals surface area contributed by atoms with Gasteiger partial charge in [0.2, 0.25) is 0 Å². The van der Waals surface area contributed by atoms with Gasteiger partial charge < -0.3 is 121 Å². The van der Waals surface area contributed by atoms with Crippen LogP contribution in [-0.4, -0.2) is 292 Å². The summed E-state index contributed by atoms with van der Waals surface area (Å²) in [4.78, 5) is 5.65. The lowest BCUT2D eigenvalue weighted by Gasteiger charge is -2.41. The van der Waals surface area contributed by atoms with Crippen molar-refractivity contribution in [3.05, 3.63) is 239 Å². The second kappa shape index (κ2) is 55.7. The first kappa shape index (κ1) is 59.2. The molecule has 8 fully saturated rings. The van der Waals surface area contributed by atoms with Gasteiger partial charge in [-0.15, -0.1) is 0 Å². The van der Waals surface area contributed by atoms with E-state index in [2.05, 4.69) is 25.5 Å². The fourth-order valence-electron chi connectivity index (χ4n) is 18.0. The number of aromatic hydroxyl groups is 8. The fraction of sp³-hybridized carbons (Fsp3) is 0.600. The second-order valence-corrected chi connectivity index (χ2v) is 36.9. The average Bonchev–Trinajstić information content (AvgIpc) is 0.685. The van der Waals surface area contributed by atoms with Gasteiger partial charge in [0.25, 0.3) is 7.16 Å². The maximum absolute atomic E-state index is 11.5. The first-order valence-corrected chi connectivity index (χ1v) is 47.7. The summed E-state index contributed by atoms with van der Waals surface area (Å²) in [5, 5.41) is 143. The van der Waals surface area contributed by atoms with Crippen LogP contribution in [0.2, 0.25) is 0 Å². The molecule has 0 heterocycles. The molecule has 24 nitrogen and oxygen atoms in total. The van der Waals surface area contributed by atoms with E-state index in [1.165, 1.54) is 209 Å². The van der Waals surface area contributed by atoms with Crippen molar-refractivity contribution >= 4 is 0 Å². The molecule has 8 saturated carbocycles. The summed E-state index contributed by atoms with van der Waals surface area (Å²) in [5.74, 6) is -18.1. The fourth-order valence-corrected chi connectivity index (χ4v) is 18.0. The van der Waals surface area contributed by atoms with E-state index in [1.54, 1.807) is 23.1 Å². The molecule has 0 amide bonds. The van der Waals surface area contributed by atoms with Gasteiger partial charge in [0, 0.05) is 175 Å². The lowest BCUT2D eigenvalue weighted by Crippen LogP contribution is -2.43.